The van der Waals surface area contributed by atoms with Crippen molar-refractivity contribution in [1.29, 1.82) is 0 Å². The van der Waals surface area contributed by atoms with Crippen LogP contribution in [-0.2, 0) is 12.6 Å². The van der Waals surface area contributed by atoms with E-state index in [0.29, 0.717) is 0 Å². The molecule has 1 heterocycles. The molecule has 0 radical (unpaired) electrons. The zero-order valence-electron chi connectivity index (χ0n) is 9.00. The molecule has 19 heavy (non-hydrogen) atoms. The lowest BCUT2D eigenvalue weighted by molar-refractivity contribution is -0.144. The molecule has 8 heteroatoms. The van der Waals surface area contributed by atoms with Crippen LogP contribution >= 0.6 is 34.8 Å². The molecule has 1 aromatic carbocycles. The number of fused-ring (bicyclic) bond motifs is 1. The Morgan fingerprint density at radius 2 is 1.79 bits per heavy atom. The van der Waals surface area contributed by atoms with Crippen LogP contribution < -0.4 is 0 Å². The van der Waals surface area contributed by atoms with E-state index < -0.39 is 12.0 Å². The number of hydrogen-bond acceptors (Lipinski definition) is 1. The summed E-state index contributed by atoms with van der Waals surface area (Å²) in [5, 5.41) is -0.166. The molecule has 0 saturated carbocycles. The lowest BCUT2D eigenvalue weighted by atomic mass is 10.1. The van der Waals surface area contributed by atoms with Gasteiger partial charge in [0.2, 0.25) is 5.82 Å². The summed E-state index contributed by atoms with van der Waals surface area (Å²) in [6.07, 6.45) is 0.520. The van der Waals surface area contributed by atoms with E-state index >= 15 is 0 Å². The number of nitrogens with zero attached hydrogens (tertiary/aromatic N) is 1. The Balaban J connectivity index is 2.87. The minimum Gasteiger partial charge on any atom is -0.333 e. The number of aromatic nitrogens is 2. The van der Waals surface area contributed by atoms with Gasteiger partial charge in [-0.1, -0.05) is 34.8 Å². The third-order valence-corrected chi connectivity index (χ3v) is 3.77. The van der Waals surface area contributed by atoms with Gasteiger partial charge in [0.1, 0.15) is 0 Å². The SMILES string of the molecule is C#CCc1c(Cl)c(Cl)c(Cl)c2[nH]c(C(F)(F)F)nc12. The molecule has 0 aliphatic heterocycles. The Bertz CT molecular complexity index is 698. The maximum Gasteiger partial charge on any atom is 0.449 e. The van der Waals surface area contributed by atoms with Gasteiger partial charge < -0.3 is 4.98 Å². The first-order valence-electron chi connectivity index (χ1n) is 4.83. The molecule has 0 bridgehead atoms. The van der Waals surface area contributed by atoms with E-state index in [4.69, 9.17) is 41.2 Å². The van der Waals surface area contributed by atoms with Gasteiger partial charge in [-0.2, -0.15) is 13.2 Å². The molecule has 2 rings (SSSR count). The lowest BCUT2D eigenvalue weighted by Gasteiger charge is -2.06. The summed E-state index contributed by atoms with van der Waals surface area (Å²) >= 11 is 17.7. The fraction of sp³-hybridized carbons (Fsp3) is 0.182. The smallest absolute Gasteiger partial charge is 0.333 e. The molecule has 0 atom stereocenters. The second-order valence-corrected chi connectivity index (χ2v) is 4.74. The molecule has 1 N–H and O–H groups in total. The average molecular weight is 328 g/mol. The fourth-order valence-electron chi connectivity index (χ4n) is 1.59. The number of terminal acetylenes is 1. The van der Waals surface area contributed by atoms with Gasteiger partial charge in [-0.3, -0.25) is 0 Å². The molecule has 2 aromatic rings. The van der Waals surface area contributed by atoms with Crippen molar-refractivity contribution >= 4 is 45.8 Å². The van der Waals surface area contributed by atoms with Gasteiger partial charge in [0.05, 0.1) is 26.1 Å². The first-order valence-corrected chi connectivity index (χ1v) is 5.96. The van der Waals surface area contributed by atoms with Crippen molar-refractivity contribution in [2.45, 2.75) is 12.6 Å². The largest absolute Gasteiger partial charge is 0.449 e. The zero-order chi connectivity index (χ0) is 14.4. The molecule has 0 fully saturated rings. The average Bonchev–Trinajstić information content (AvgIpc) is 2.76. The summed E-state index contributed by atoms with van der Waals surface area (Å²) in [6.45, 7) is 0. The Morgan fingerprint density at radius 3 is 2.32 bits per heavy atom. The summed E-state index contributed by atoms with van der Waals surface area (Å²) < 4.78 is 37.9. The molecule has 1 aromatic heterocycles. The van der Waals surface area contributed by atoms with Crippen molar-refractivity contribution in [2.24, 2.45) is 0 Å². The van der Waals surface area contributed by atoms with Crippen molar-refractivity contribution in [2.75, 3.05) is 0 Å². The first kappa shape index (κ1) is 14.3. The molecule has 0 aliphatic rings. The van der Waals surface area contributed by atoms with Crippen LogP contribution in [0.1, 0.15) is 11.4 Å². The van der Waals surface area contributed by atoms with Gasteiger partial charge in [-0.15, -0.1) is 12.3 Å². The van der Waals surface area contributed by atoms with Crippen molar-refractivity contribution < 1.29 is 13.2 Å². The number of nitrogens with one attached hydrogen (secondary N) is 1. The second-order valence-electron chi connectivity index (χ2n) is 3.61. The molecule has 0 spiro atoms. The molecular weight excluding hydrogens is 323 g/mol. The second kappa shape index (κ2) is 4.78. The van der Waals surface area contributed by atoms with Crippen molar-refractivity contribution in [3.8, 4) is 12.3 Å². The molecule has 0 saturated heterocycles. The van der Waals surface area contributed by atoms with Gasteiger partial charge >= 0.3 is 6.18 Å². The van der Waals surface area contributed by atoms with E-state index in [1.165, 1.54) is 0 Å². The maximum atomic E-state index is 12.6. The van der Waals surface area contributed by atoms with Crippen molar-refractivity contribution in [3.05, 3.63) is 26.5 Å². The highest BCUT2D eigenvalue weighted by atomic mass is 35.5. The number of rotatable bonds is 1. The quantitative estimate of drug-likeness (QED) is 0.596. The highest BCUT2D eigenvalue weighted by molar-refractivity contribution is 6.50. The third-order valence-electron chi connectivity index (χ3n) is 2.41. The summed E-state index contributed by atoms with van der Waals surface area (Å²) in [5.41, 5.74) is 0.179. The Hall–Kier alpha value is -1.09. The van der Waals surface area contributed by atoms with Gasteiger partial charge in [0.15, 0.2) is 0 Å². The summed E-state index contributed by atoms with van der Waals surface area (Å²) in [5.74, 6) is 1.11. The normalized spacial score (nSPS) is 11.8. The molecular formula is C11H4Cl3F3N2. The third kappa shape index (κ3) is 2.36. The number of aromatic amines is 1. The highest BCUT2D eigenvalue weighted by Gasteiger charge is 2.36. The van der Waals surface area contributed by atoms with Gasteiger partial charge in [-0.25, -0.2) is 4.98 Å². The van der Waals surface area contributed by atoms with Crippen LogP contribution in [0.2, 0.25) is 15.1 Å². The van der Waals surface area contributed by atoms with Gasteiger partial charge in [-0.05, 0) is 0 Å². The van der Waals surface area contributed by atoms with E-state index in [2.05, 4.69) is 15.9 Å². The highest BCUT2D eigenvalue weighted by Crippen LogP contribution is 2.41. The topological polar surface area (TPSA) is 28.7 Å². The molecule has 100 valence electrons. The van der Waals surface area contributed by atoms with E-state index in [-0.39, 0.29) is 38.1 Å². The van der Waals surface area contributed by atoms with Crippen LogP contribution in [0.25, 0.3) is 11.0 Å². The van der Waals surface area contributed by atoms with Crippen LogP contribution in [-0.4, -0.2) is 9.97 Å². The van der Waals surface area contributed by atoms with Crippen LogP contribution in [0, 0.1) is 12.3 Å². The predicted molar refractivity (Wildman–Crippen MR) is 68.7 cm³/mol. The molecule has 2 nitrogen and oxygen atoms in total. The van der Waals surface area contributed by atoms with Gasteiger partial charge in [0, 0.05) is 12.0 Å². The summed E-state index contributed by atoms with van der Waals surface area (Å²) in [4.78, 5) is 5.55. The molecule has 0 aliphatic carbocycles. The number of benzene rings is 1. The fourth-order valence-corrected chi connectivity index (χ4v) is 2.33. The van der Waals surface area contributed by atoms with Crippen LogP contribution in [0.4, 0.5) is 13.2 Å². The van der Waals surface area contributed by atoms with E-state index in [1.54, 1.807) is 0 Å². The van der Waals surface area contributed by atoms with Crippen LogP contribution in [0.3, 0.4) is 0 Å². The number of H-pyrrole nitrogens is 1. The maximum absolute atomic E-state index is 12.6. The van der Waals surface area contributed by atoms with E-state index in [0.717, 1.165) is 0 Å². The Morgan fingerprint density at radius 1 is 1.16 bits per heavy atom. The van der Waals surface area contributed by atoms with E-state index in [9.17, 15) is 13.2 Å². The minimum absolute atomic E-state index is 0.00558. The van der Waals surface area contributed by atoms with Crippen molar-refractivity contribution in [1.82, 2.24) is 9.97 Å². The first-order chi connectivity index (χ1) is 8.77. The Kier molecular flexibility index (Phi) is 3.61. The summed E-state index contributed by atoms with van der Waals surface area (Å²) in [6, 6.07) is 0. The van der Waals surface area contributed by atoms with Crippen LogP contribution in [0.5, 0.6) is 0 Å². The number of alkyl halides is 3. The number of hydrogen-bond donors (Lipinski definition) is 1. The molecule has 0 unspecified atom stereocenters. The summed E-state index contributed by atoms with van der Waals surface area (Å²) in [7, 11) is 0. The Labute approximate surface area is 120 Å². The lowest BCUT2D eigenvalue weighted by Crippen LogP contribution is -2.06. The molecule has 0 amide bonds. The number of halogens is 6. The minimum atomic E-state index is -4.63. The monoisotopic (exact) mass is 326 g/mol. The van der Waals surface area contributed by atoms with Gasteiger partial charge in [0.25, 0.3) is 0 Å². The standard InChI is InChI=1S/C11H4Cl3F3N2/c1-2-3-4-5(12)6(13)7(14)9-8(4)18-10(19-9)11(15,16)17/h1H,3H2,(H,18,19). The van der Waals surface area contributed by atoms with E-state index in [1.807, 2.05) is 0 Å². The zero-order valence-corrected chi connectivity index (χ0v) is 11.3. The predicted octanol–water partition coefficient (Wildman–Crippen LogP) is 4.72. The van der Waals surface area contributed by atoms with Crippen molar-refractivity contribution in [3.63, 3.8) is 0 Å². The van der Waals surface area contributed by atoms with Crippen LogP contribution in [0.15, 0.2) is 0 Å². The number of imidazole rings is 1.